The van der Waals surface area contributed by atoms with Gasteiger partial charge >= 0.3 is 0 Å². The van der Waals surface area contributed by atoms with E-state index in [0.29, 0.717) is 22.6 Å². The van der Waals surface area contributed by atoms with Crippen molar-refractivity contribution in [1.29, 1.82) is 0 Å². The van der Waals surface area contributed by atoms with Crippen molar-refractivity contribution in [3.8, 4) is 11.5 Å². The van der Waals surface area contributed by atoms with Crippen LogP contribution in [-0.4, -0.2) is 34.7 Å². The number of hydrogen-bond acceptors (Lipinski definition) is 6. The third kappa shape index (κ3) is 4.56. The number of benzene rings is 2. The van der Waals surface area contributed by atoms with Crippen LogP contribution in [0.3, 0.4) is 0 Å². The van der Waals surface area contributed by atoms with E-state index in [9.17, 15) is 13.2 Å². The Morgan fingerprint density at radius 1 is 0.875 bits per heavy atom. The van der Waals surface area contributed by atoms with Gasteiger partial charge in [-0.3, -0.25) is 8.98 Å². The minimum atomic E-state index is -3.83. The molecule has 0 radical (unpaired) electrons. The van der Waals surface area contributed by atoms with Crippen LogP contribution in [0.4, 0.5) is 0 Å². The lowest BCUT2D eigenvalue weighted by Gasteiger charge is -2.16. The summed E-state index contributed by atoms with van der Waals surface area (Å²) in [7, 11) is -0.796. The number of methoxy groups -OCH3 is 2. The zero-order valence-electron chi connectivity index (χ0n) is 13.6. The third-order valence-corrected chi connectivity index (χ3v) is 3.84. The molecule has 0 aromatic heterocycles. The van der Waals surface area contributed by atoms with E-state index in [1.165, 1.54) is 14.2 Å². The van der Waals surface area contributed by atoms with E-state index in [2.05, 4.69) is 0 Å². The standard InChI is InChI=1S/C17H18O6S/c1-21-14-8-4-12(5-9-14)16(18)17(23-24(3,19)20)13-6-10-15(22-2)11-7-13/h4-11,17H,1-3H3. The van der Waals surface area contributed by atoms with Crippen LogP contribution in [0.5, 0.6) is 11.5 Å². The largest absolute Gasteiger partial charge is 0.497 e. The van der Waals surface area contributed by atoms with Crippen LogP contribution >= 0.6 is 0 Å². The molecular formula is C17H18O6S. The number of carbonyl (C=O) groups excluding carboxylic acids is 1. The number of ether oxygens (including phenoxy) is 2. The van der Waals surface area contributed by atoms with Crippen molar-refractivity contribution in [3.05, 3.63) is 59.7 Å². The molecule has 24 heavy (non-hydrogen) atoms. The highest BCUT2D eigenvalue weighted by Gasteiger charge is 2.27. The minimum absolute atomic E-state index is 0.320. The van der Waals surface area contributed by atoms with Gasteiger partial charge in [-0.25, -0.2) is 0 Å². The number of ketones is 1. The lowest BCUT2D eigenvalue weighted by atomic mass is 10.00. The number of carbonyl (C=O) groups is 1. The van der Waals surface area contributed by atoms with Gasteiger partial charge in [0.15, 0.2) is 11.9 Å². The predicted octanol–water partition coefficient (Wildman–Crippen LogP) is 2.60. The second-order valence-electron chi connectivity index (χ2n) is 5.05. The maximum absolute atomic E-state index is 12.7. The summed E-state index contributed by atoms with van der Waals surface area (Å²) in [6.07, 6.45) is -0.357. The van der Waals surface area contributed by atoms with E-state index in [-0.39, 0.29) is 0 Å². The van der Waals surface area contributed by atoms with Crippen molar-refractivity contribution in [2.75, 3.05) is 20.5 Å². The van der Waals surface area contributed by atoms with E-state index in [1.807, 2.05) is 0 Å². The summed E-state index contributed by atoms with van der Waals surface area (Å²) in [5, 5.41) is 0. The van der Waals surface area contributed by atoms with Gasteiger partial charge in [0.2, 0.25) is 0 Å². The molecule has 2 rings (SSSR count). The van der Waals surface area contributed by atoms with Crippen LogP contribution in [0, 0.1) is 0 Å². The number of rotatable bonds is 7. The van der Waals surface area contributed by atoms with Crippen molar-refractivity contribution >= 4 is 15.9 Å². The van der Waals surface area contributed by atoms with Gasteiger partial charge in [-0.1, -0.05) is 12.1 Å². The van der Waals surface area contributed by atoms with E-state index in [1.54, 1.807) is 48.5 Å². The van der Waals surface area contributed by atoms with Gasteiger partial charge in [0.05, 0.1) is 20.5 Å². The molecule has 0 bridgehead atoms. The molecule has 0 aliphatic carbocycles. The Balaban J connectivity index is 2.38. The van der Waals surface area contributed by atoms with E-state index >= 15 is 0 Å². The van der Waals surface area contributed by atoms with Gasteiger partial charge in [-0.15, -0.1) is 0 Å². The molecule has 128 valence electrons. The highest BCUT2D eigenvalue weighted by molar-refractivity contribution is 7.86. The van der Waals surface area contributed by atoms with E-state index in [0.717, 1.165) is 6.26 Å². The lowest BCUT2D eigenvalue weighted by molar-refractivity contribution is 0.0803. The van der Waals surface area contributed by atoms with Crippen molar-refractivity contribution in [3.63, 3.8) is 0 Å². The Hall–Kier alpha value is -2.38. The molecule has 0 heterocycles. The van der Waals surface area contributed by atoms with Crippen molar-refractivity contribution in [1.82, 2.24) is 0 Å². The summed E-state index contributed by atoms with van der Waals surface area (Å²) >= 11 is 0. The fourth-order valence-corrected chi connectivity index (χ4v) is 2.66. The summed E-state index contributed by atoms with van der Waals surface area (Å²) in [5.74, 6) is 0.721. The smallest absolute Gasteiger partial charge is 0.265 e. The van der Waals surface area contributed by atoms with Crippen LogP contribution in [0.1, 0.15) is 22.0 Å². The van der Waals surface area contributed by atoms with Gasteiger partial charge in [-0.2, -0.15) is 8.42 Å². The number of hydrogen-bond donors (Lipinski definition) is 0. The van der Waals surface area contributed by atoms with Gasteiger partial charge in [0, 0.05) is 5.56 Å². The van der Waals surface area contributed by atoms with Gasteiger partial charge in [0.25, 0.3) is 10.1 Å². The maximum Gasteiger partial charge on any atom is 0.265 e. The number of Topliss-reactive ketones (excluding diaryl/α,β-unsaturated/α-hetero) is 1. The Kier molecular flexibility index (Phi) is 5.58. The summed E-state index contributed by atoms with van der Waals surface area (Å²) in [5.41, 5.74) is 0.738. The molecule has 7 heteroatoms. The first-order valence-electron chi connectivity index (χ1n) is 7.04. The SMILES string of the molecule is COc1ccc(C(=O)C(OS(C)(=O)=O)c2ccc(OC)cc2)cc1. The van der Waals surface area contributed by atoms with E-state index < -0.39 is 22.0 Å². The molecule has 2 aromatic carbocycles. The van der Waals surface area contributed by atoms with Gasteiger partial charge < -0.3 is 9.47 Å². The molecule has 2 aromatic rings. The molecule has 6 nitrogen and oxygen atoms in total. The zero-order chi connectivity index (χ0) is 17.7. The highest BCUT2D eigenvalue weighted by Crippen LogP contribution is 2.27. The predicted molar refractivity (Wildman–Crippen MR) is 89.0 cm³/mol. The van der Waals surface area contributed by atoms with Crippen LogP contribution in [0.15, 0.2) is 48.5 Å². The molecule has 1 atom stereocenters. The molecule has 0 aliphatic rings. The molecule has 0 amide bonds. The van der Waals surface area contributed by atoms with Gasteiger partial charge in [0.1, 0.15) is 11.5 Å². The molecular weight excluding hydrogens is 332 g/mol. The fraction of sp³-hybridized carbons (Fsp3) is 0.235. The maximum atomic E-state index is 12.7. The van der Waals surface area contributed by atoms with Crippen LogP contribution in [0.2, 0.25) is 0 Å². The Bertz CT molecular complexity index is 794. The molecule has 1 unspecified atom stereocenters. The average Bonchev–Trinajstić information content (AvgIpc) is 2.58. The monoisotopic (exact) mass is 350 g/mol. The Morgan fingerprint density at radius 3 is 1.75 bits per heavy atom. The first-order valence-corrected chi connectivity index (χ1v) is 8.86. The van der Waals surface area contributed by atoms with Crippen molar-refractivity contribution in [2.45, 2.75) is 6.10 Å². The second kappa shape index (κ2) is 7.46. The summed E-state index contributed by atoms with van der Waals surface area (Å²) in [4.78, 5) is 12.7. The molecule has 0 saturated heterocycles. The normalized spacial score (nSPS) is 12.5. The first kappa shape index (κ1) is 18.0. The van der Waals surface area contributed by atoms with Gasteiger partial charge in [-0.05, 0) is 42.0 Å². The Labute approximate surface area is 141 Å². The molecule has 0 saturated carbocycles. The quantitative estimate of drug-likeness (QED) is 0.564. The summed E-state index contributed by atoms with van der Waals surface area (Å²) in [6, 6.07) is 12.8. The van der Waals surface area contributed by atoms with Crippen LogP contribution in [-0.2, 0) is 14.3 Å². The molecule has 0 spiro atoms. The summed E-state index contributed by atoms with van der Waals surface area (Å²) < 4.78 is 38.2. The van der Waals surface area contributed by atoms with Crippen molar-refractivity contribution < 1.29 is 26.9 Å². The van der Waals surface area contributed by atoms with E-state index in [4.69, 9.17) is 13.7 Å². The zero-order valence-corrected chi connectivity index (χ0v) is 14.4. The lowest BCUT2D eigenvalue weighted by Crippen LogP contribution is -2.19. The molecule has 0 aliphatic heterocycles. The Morgan fingerprint density at radius 2 is 1.33 bits per heavy atom. The van der Waals surface area contributed by atoms with Crippen molar-refractivity contribution in [2.24, 2.45) is 0 Å². The first-order chi connectivity index (χ1) is 11.3. The average molecular weight is 350 g/mol. The second-order valence-corrected chi connectivity index (χ2v) is 6.65. The minimum Gasteiger partial charge on any atom is -0.497 e. The molecule has 0 fully saturated rings. The fourth-order valence-electron chi connectivity index (χ4n) is 2.11. The molecule has 0 N–H and O–H groups in total. The topological polar surface area (TPSA) is 78.9 Å². The van der Waals surface area contributed by atoms with Crippen LogP contribution in [0.25, 0.3) is 0 Å². The highest BCUT2D eigenvalue weighted by atomic mass is 32.2. The third-order valence-electron chi connectivity index (χ3n) is 3.30. The van der Waals surface area contributed by atoms with Crippen LogP contribution < -0.4 is 9.47 Å². The summed E-state index contributed by atoms with van der Waals surface area (Å²) in [6.45, 7) is 0.